The number of hydrogen-bond acceptors (Lipinski definition) is 4. The van der Waals surface area contributed by atoms with Gasteiger partial charge in [0.15, 0.2) is 11.5 Å². The first kappa shape index (κ1) is 13.7. The molecule has 20 heavy (non-hydrogen) atoms. The number of halogens is 1. The van der Waals surface area contributed by atoms with Gasteiger partial charge in [0, 0.05) is 18.2 Å². The third-order valence-electron chi connectivity index (χ3n) is 3.49. The van der Waals surface area contributed by atoms with E-state index in [9.17, 15) is 4.79 Å². The average Bonchev–Trinajstić information content (AvgIpc) is 2.48. The van der Waals surface area contributed by atoms with E-state index in [0.717, 1.165) is 30.4 Å². The molecule has 1 atom stereocenters. The van der Waals surface area contributed by atoms with Crippen molar-refractivity contribution in [3.63, 3.8) is 0 Å². The number of fused-ring (bicyclic) bond motifs is 1. The molecule has 2 N–H and O–H groups in total. The molecule has 0 saturated carbocycles. The van der Waals surface area contributed by atoms with Crippen LogP contribution in [0.4, 0.5) is 0 Å². The monoisotopic (exact) mass is 340 g/mol. The molecule has 108 valence electrons. The first-order chi connectivity index (χ1) is 9.74. The first-order valence-corrected chi connectivity index (χ1v) is 7.64. The van der Waals surface area contributed by atoms with Crippen LogP contribution in [0.15, 0.2) is 16.6 Å². The summed E-state index contributed by atoms with van der Waals surface area (Å²) >= 11 is 3.43. The average molecular weight is 341 g/mol. The standard InChI is InChI=1S/C14H17BrN2O3/c15-11-6-9(7-12-13(11)20-5-4-19-12)14(18)17-10-2-1-3-16-8-10/h6-7,10,16H,1-5,8H2,(H,17,18)/t10-/m0/s1. The van der Waals surface area contributed by atoms with Gasteiger partial charge in [0.2, 0.25) is 0 Å². The van der Waals surface area contributed by atoms with Crippen LogP contribution >= 0.6 is 15.9 Å². The maximum absolute atomic E-state index is 12.3. The van der Waals surface area contributed by atoms with Gasteiger partial charge < -0.3 is 20.1 Å². The Morgan fingerprint density at radius 2 is 2.20 bits per heavy atom. The molecule has 0 aromatic heterocycles. The summed E-state index contributed by atoms with van der Waals surface area (Å²) in [6.45, 7) is 2.90. The summed E-state index contributed by atoms with van der Waals surface area (Å²) in [5.74, 6) is 1.22. The molecule has 0 radical (unpaired) electrons. The highest BCUT2D eigenvalue weighted by molar-refractivity contribution is 9.10. The normalized spacial score (nSPS) is 21.4. The molecule has 0 bridgehead atoms. The van der Waals surface area contributed by atoms with Crippen molar-refractivity contribution in [1.82, 2.24) is 10.6 Å². The fourth-order valence-electron chi connectivity index (χ4n) is 2.49. The molecule has 1 aromatic carbocycles. The topological polar surface area (TPSA) is 59.6 Å². The highest BCUT2D eigenvalue weighted by Crippen LogP contribution is 2.38. The molecule has 2 heterocycles. The Balaban J connectivity index is 1.75. The number of carbonyl (C=O) groups excluding carboxylic acids is 1. The number of hydrogen-bond donors (Lipinski definition) is 2. The number of nitrogens with one attached hydrogen (secondary N) is 2. The molecule has 3 rings (SSSR count). The first-order valence-electron chi connectivity index (χ1n) is 6.85. The van der Waals surface area contributed by atoms with E-state index in [-0.39, 0.29) is 11.9 Å². The fraction of sp³-hybridized carbons (Fsp3) is 0.500. The van der Waals surface area contributed by atoms with Gasteiger partial charge >= 0.3 is 0 Å². The Hall–Kier alpha value is -1.27. The summed E-state index contributed by atoms with van der Waals surface area (Å²) in [7, 11) is 0. The zero-order valence-corrected chi connectivity index (χ0v) is 12.7. The van der Waals surface area contributed by atoms with E-state index in [1.165, 1.54) is 0 Å². The third-order valence-corrected chi connectivity index (χ3v) is 4.08. The summed E-state index contributed by atoms with van der Waals surface area (Å²) in [4.78, 5) is 12.3. The number of amides is 1. The van der Waals surface area contributed by atoms with Crippen molar-refractivity contribution in [3.05, 3.63) is 22.2 Å². The van der Waals surface area contributed by atoms with Crippen molar-refractivity contribution < 1.29 is 14.3 Å². The molecule has 6 heteroatoms. The number of rotatable bonds is 2. The van der Waals surface area contributed by atoms with E-state index in [2.05, 4.69) is 26.6 Å². The van der Waals surface area contributed by atoms with E-state index < -0.39 is 0 Å². The minimum Gasteiger partial charge on any atom is -0.486 e. The van der Waals surface area contributed by atoms with Gasteiger partial charge in [-0.25, -0.2) is 0 Å². The second kappa shape index (κ2) is 6.01. The van der Waals surface area contributed by atoms with Gasteiger partial charge in [0.1, 0.15) is 13.2 Å². The lowest BCUT2D eigenvalue weighted by Gasteiger charge is -2.24. The maximum atomic E-state index is 12.3. The van der Waals surface area contributed by atoms with Crippen molar-refractivity contribution in [1.29, 1.82) is 0 Å². The van der Waals surface area contributed by atoms with Crippen LogP contribution < -0.4 is 20.1 Å². The van der Waals surface area contributed by atoms with Crippen LogP contribution in [0.5, 0.6) is 11.5 Å². The highest BCUT2D eigenvalue weighted by atomic mass is 79.9. The summed E-state index contributed by atoms with van der Waals surface area (Å²) in [5.41, 5.74) is 0.590. The molecule has 2 aliphatic rings. The lowest BCUT2D eigenvalue weighted by atomic mass is 10.1. The van der Waals surface area contributed by atoms with Crippen molar-refractivity contribution in [2.45, 2.75) is 18.9 Å². The lowest BCUT2D eigenvalue weighted by molar-refractivity contribution is 0.0929. The zero-order valence-electron chi connectivity index (χ0n) is 11.1. The molecule has 0 spiro atoms. The number of benzene rings is 1. The number of carbonyl (C=O) groups is 1. The molecule has 5 nitrogen and oxygen atoms in total. The predicted molar refractivity (Wildman–Crippen MR) is 78.5 cm³/mol. The summed E-state index contributed by atoms with van der Waals surface area (Å²) < 4.78 is 11.8. The Morgan fingerprint density at radius 1 is 1.35 bits per heavy atom. The molecular weight excluding hydrogens is 324 g/mol. The largest absolute Gasteiger partial charge is 0.486 e. The second-order valence-corrected chi connectivity index (χ2v) is 5.85. The predicted octanol–water partition coefficient (Wildman–Crippen LogP) is 1.70. The number of piperidine rings is 1. The fourth-order valence-corrected chi connectivity index (χ4v) is 3.04. The van der Waals surface area contributed by atoms with E-state index >= 15 is 0 Å². The minimum absolute atomic E-state index is 0.0728. The van der Waals surface area contributed by atoms with Crippen molar-refractivity contribution in [2.75, 3.05) is 26.3 Å². The van der Waals surface area contributed by atoms with E-state index in [1.54, 1.807) is 12.1 Å². The van der Waals surface area contributed by atoms with Gasteiger partial charge in [-0.3, -0.25) is 4.79 Å². The van der Waals surface area contributed by atoms with Gasteiger partial charge in [0.05, 0.1) is 4.47 Å². The Labute approximate surface area is 126 Å². The van der Waals surface area contributed by atoms with E-state index in [0.29, 0.717) is 30.3 Å². The van der Waals surface area contributed by atoms with Crippen LogP contribution in [0.25, 0.3) is 0 Å². The molecule has 0 aliphatic carbocycles. The quantitative estimate of drug-likeness (QED) is 0.860. The van der Waals surface area contributed by atoms with E-state index in [4.69, 9.17) is 9.47 Å². The van der Waals surface area contributed by atoms with Crippen LogP contribution in [-0.2, 0) is 0 Å². The SMILES string of the molecule is O=C(N[C@H]1CCCNC1)c1cc(Br)c2c(c1)OCCO2. The Bertz CT molecular complexity index is 515. The van der Waals surface area contributed by atoms with Crippen LogP contribution in [0, 0.1) is 0 Å². The lowest BCUT2D eigenvalue weighted by Crippen LogP contribution is -2.45. The van der Waals surface area contributed by atoms with Gasteiger partial charge in [-0.2, -0.15) is 0 Å². The van der Waals surface area contributed by atoms with Gasteiger partial charge in [-0.1, -0.05) is 0 Å². The minimum atomic E-state index is -0.0728. The van der Waals surface area contributed by atoms with Gasteiger partial charge in [-0.15, -0.1) is 0 Å². The van der Waals surface area contributed by atoms with Crippen LogP contribution in [-0.4, -0.2) is 38.3 Å². The molecule has 1 aromatic rings. The Kier molecular flexibility index (Phi) is 4.12. The maximum Gasteiger partial charge on any atom is 0.251 e. The summed E-state index contributed by atoms with van der Waals surface area (Å²) in [6.07, 6.45) is 2.11. The summed E-state index contributed by atoms with van der Waals surface area (Å²) in [6, 6.07) is 3.72. The van der Waals surface area contributed by atoms with Crippen LogP contribution in [0.3, 0.4) is 0 Å². The highest BCUT2D eigenvalue weighted by Gasteiger charge is 2.21. The Morgan fingerprint density at radius 3 is 3.00 bits per heavy atom. The second-order valence-electron chi connectivity index (χ2n) is 5.00. The third kappa shape index (κ3) is 2.91. The van der Waals surface area contributed by atoms with E-state index in [1.807, 2.05) is 0 Å². The van der Waals surface area contributed by atoms with Crippen molar-refractivity contribution in [2.24, 2.45) is 0 Å². The van der Waals surface area contributed by atoms with Crippen LogP contribution in [0.2, 0.25) is 0 Å². The van der Waals surface area contributed by atoms with Gasteiger partial charge in [0.25, 0.3) is 5.91 Å². The molecule has 1 fully saturated rings. The zero-order chi connectivity index (χ0) is 13.9. The van der Waals surface area contributed by atoms with Crippen molar-refractivity contribution in [3.8, 4) is 11.5 Å². The number of ether oxygens (including phenoxy) is 2. The smallest absolute Gasteiger partial charge is 0.251 e. The molecular formula is C14H17BrN2O3. The van der Waals surface area contributed by atoms with Gasteiger partial charge in [-0.05, 0) is 47.4 Å². The van der Waals surface area contributed by atoms with Crippen molar-refractivity contribution >= 4 is 21.8 Å². The summed E-state index contributed by atoms with van der Waals surface area (Å²) in [5, 5.41) is 6.33. The molecule has 1 amide bonds. The molecule has 1 saturated heterocycles. The molecule has 2 aliphatic heterocycles. The molecule has 0 unspecified atom stereocenters. The van der Waals surface area contributed by atoms with Crippen LogP contribution in [0.1, 0.15) is 23.2 Å².